The second-order valence-corrected chi connectivity index (χ2v) is 8.56. The fourth-order valence-electron chi connectivity index (χ4n) is 4.55. The molecule has 4 atom stereocenters. The number of aliphatic hydroxyl groups is 1. The molecule has 2 aromatic rings. The fourth-order valence-corrected chi connectivity index (χ4v) is 4.73. The van der Waals surface area contributed by atoms with E-state index in [1.54, 1.807) is 0 Å². The molecule has 3 aliphatic rings. The van der Waals surface area contributed by atoms with E-state index in [1.807, 2.05) is 37.3 Å². The van der Waals surface area contributed by atoms with Crippen molar-refractivity contribution in [1.29, 1.82) is 0 Å². The van der Waals surface area contributed by atoms with Gasteiger partial charge in [0.25, 0.3) is 0 Å². The summed E-state index contributed by atoms with van der Waals surface area (Å²) in [6, 6.07) is 13.9. The van der Waals surface area contributed by atoms with Crippen LogP contribution in [0.25, 0.3) is 0 Å². The van der Waals surface area contributed by atoms with Crippen LogP contribution in [0, 0.1) is 0 Å². The smallest absolute Gasteiger partial charge is 0.198 e. The maximum Gasteiger partial charge on any atom is 0.198 e. The lowest BCUT2D eigenvalue weighted by molar-refractivity contribution is -0.246. The van der Waals surface area contributed by atoms with Crippen molar-refractivity contribution in [2.45, 2.75) is 49.8 Å². The molecular formula is C23H25ClO5. The Bertz CT molecular complexity index is 897. The zero-order valence-electron chi connectivity index (χ0n) is 16.4. The Labute approximate surface area is 175 Å². The lowest BCUT2D eigenvalue weighted by Gasteiger charge is -2.39. The van der Waals surface area contributed by atoms with Crippen molar-refractivity contribution in [3.05, 3.63) is 64.2 Å². The second kappa shape index (κ2) is 7.25. The predicted molar refractivity (Wildman–Crippen MR) is 108 cm³/mol. The van der Waals surface area contributed by atoms with E-state index >= 15 is 0 Å². The van der Waals surface area contributed by atoms with E-state index < -0.39 is 17.5 Å². The molecule has 29 heavy (non-hydrogen) atoms. The van der Waals surface area contributed by atoms with Crippen molar-refractivity contribution in [2.24, 2.45) is 0 Å². The molecule has 0 spiro atoms. The van der Waals surface area contributed by atoms with Gasteiger partial charge in [0.1, 0.15) is 17.5 Å². The summed E-state index contributed by atoms with van der Waals surface area (Å²) in [5, 5.41) is 11.2. The molecule has 6 heteroatoms. The standard InChI is InChI=1S/C23H25ClO5/c1-2-26-19-6-3-15(4-7-19)9-16-10-17(5-8-20(16)24)23-12-18(25)11-22(29-23,14-28-23)21-13-27-21/h3-8,10,18,21,25H,2,9,11-14H2,1H3/t18-,21?,22+,23+/m0/s1. The largest absolute Gasteiger partial charge is 0.494 e. The molecule has 3 fully saturated rings. The summed E-state index contributed by atoms with van der Waals surface area (Å²) in [7, 11) is 0. The average Bonchev–Trinajstić information content (AvgIpc) is 3.52. The Kier molecular flexibility index (Phi) is 4.84. The van der Waals surface area contributed by atoms with Crippen molar-refractivity contribution in [3.63, 3.8) is 0 Å². The highest BCUT2D eigenvalue weighted by Gasteiger charge is 2.63. The van der Waals surface area contributed by atoms with E-state index in [1.165, 1.54) is 0 Å². The average molecular weight is 417 g/mol. The van der Waals surface area contributed by atoms with Crippen LogP contribution >= 0.6 is 11.6 Å². The third kappa shape index (κ3) is 3.56. The first kappa shape index (κ1) is 19.3. The number of fused-ring (bicyclic) bond motifs is 2. The van der Waals surface area contributed by atoms with Crippen LogP contribution in [0.15, 0.2) is 42.5 Å². The Morgan fingerprint density at radius 3 is 2.69 bits per heavy atom. The maximum absolute atomic E-state index is 10.5. The van der Waals surface area contributed by atoms with Gasteiger partial charge in [0, 0.05) is 23.4 Å². The van der Waals surface area contributed by atoms with Crippen LogP contribution in [0.1, 0.15) is 36.5 Å². The minimum Gasteiger partial charge on any atom is -0.494 e. The third-order valence-corrected chi connectivity index (χ3v) is 6.41. The van der Waals surface area contributed by atoms with E-state index in [2.05, 4.69) is 12.1 Å². The van der Waals surface area contributed by atoms with Crippen molar-refractivity contribution in [2.75, 3.05) is 19.8 Å². The SMILES string of the molecule is CCOc1ccc(Cc2cc([C@]34C[C@@H](O)C[C@](C5CO5)(CO3)O4)ccc2Cl)cc1. The van der Waals surface area contributed by atoms with Gasteiger partial charge in [-0.15, -0.1) is 0 Å². The van der Waals surface area contributed by atoms with Crippen LogP contribution in [0.4, 0.5) is 0 Å². The first-order chi connectivity index (χ1) is 14.0. The molecular weight excluding hydrogens is 392 g/mol. The summed E-state index contributed by atoms with van der Waals surface area (Å²) < 4.78 is 23.7. The van der Waals surface area contributed by atoms with Crippen LogP contribution in [0.2, 0.25) is 5.02 Å². The predicted octanol–water partition coefficient (Wildman–Crippen LogP) is 3.82. The minimum atomic E-state index is -0.943. The number of hydrogen-bond donors (Lipinski definition) is 1. The Hall–Kier alpha value is -1.63. The van der Waals surface area contributed by atoms with Gasteiger partial charge in [0.15, 0.2) is 5.79 Å². The van der Waals surface area contributed by atoms with Crippen molar-refractivity contribution in [1.82, 2.24) is 0 Å². The van der Waals surface area contributed by atoms with Crippen molar-refractivity contribution in [3.8, 4) is 5.75 Å². The van der Waals surface area contributed by atoms with E-state index in [-0.39, 0.29) is 6.10 Å². The highest BCUT2D eigenvalue weighted by Crippen LogP contribution is 2.53. The van der Waals surface area contributed by atoms with Crippen molar-refractivity contribution >= 4 is 11.6 Å². The van der Waals surface area contributed by atoms with Crippen LogP contribution in [-0.4, -0.2) is 42.7 Å². The Balaban J connectivity index is 1.42. The number of rotatable bonds is 6. The van der Waals surface area contributed by atoms with Gasteiger partial charge < -0.3 is 24.1 Å². The number of halogens is 1. The molecule has 1 N–H and O–H groups in total. The minimum absolute atomic E-state index is 0.00921. The Morgan fingerprint density at radius 1 is 1.17 bits per heavy atom. The topological polar surface area (TPSA) is 60.5 Å². The quantitative estimate of drug-likeness (QED) is 0.725. The third-order valence-electron chi connectivity index (χ3n) is 6.04. The molecule has 0 amide bonds. The molecule has 0 aromatic heterocycles. The van der Waals surface area contributed by atoms with Crippen LogP contribution in [0.3, 0.4) is 0 Å². The number of aliphatic hydroxyl groups excluding tert-OH is 1. The fraction of sp³-hybridized carbons (Fsp3) is 0.478. The van der Waals surface area contributed by atoms with Crippen molar-refractivity contribution < 1.29 is 24.1 Å². The zero-order chi connectivity index (χ0) is 20.1. The monoisotopic (exact) mass is 416 g/mol. The number of benzene rings is 2. The summed E-state index contributed by atoms with van der Waals surface area (Å²) in [5.74, 6) is -0.0838. The normalized spacial score (nSPS) is 32.9. The maximum atomic E-state index is 10.5. The van der Waals surface area contributed by atoms with E-state index in [9.17, 15) is 5.11 Å². The van der Waals surface area contributed by atoms with Crippen LogP contribution < -0.4 is 4.74 Å². The summed E-state index contributed by atoms with van der Waals surface area (Å²) >= 11 is 6.51. The molecule has 154 valence electrons. The molecule has 3 heterocycles. The molecule has 0 aliphatic carbocycles. The zero-order valence-corrected chi connectivity index (χ0v) is 17.2. The van der Waals surface area contributed by atoms with Gasteiger partial charge in [0.05, 0.1) is 25.9 Å². The molecule has 3 aliphatic heterocycles. The van der Waals surface area contributed by atoms with Gasteiger partial charge in [-0.3, -0.25) is 0 Å². The molecule has 0 radical (unpaired) electrons. The van der Waals surface area contributed by atoms with Gasteiger partial charge in [-0.25, -0.2) is 0 Å². The van der Waals surface area contributed by atoms with E-state index in [0.29, 0.717) is 44.1 Å². The van der Waals surface area contributed by atoms with Crippen LogP contribution in [-0.2, 0) is 26.4 Å². The molecule has 5 nitrogen and oxygen atoms in total. The van der Waals surface area contributed by atoms with Gasteiger partial charge in [0.2, 0.25) is 0 Å². The van der Waals surface area contributed by atoms with Gasteiger partial charge in [-0.1, -0.05) is 29.8 Å². The lowest BCUT2D eigenvalue weighted by Crippen LogP contribution is -2.49. The summed E-state index contributed by atoms with van der Waals surface area (Å²) in [5.41, 5.74) is 2.48. The number of ether oxygens (including phenoxy) is 4. The summed E-state index contributed by atoms with van der Waals surface area (Å²) in [6.07, 6.45) is 1.17. The first-order valence-corrected chi connectivity index (χ1v) is 10.5. The van der Waals surface area contributed by atoms with Gasteiger partial charge >= 0.3 is 0 Å². The molecule has 5 rings (SSSR count). The molecule has 2 bridgehead atoms. The number of hydrogen-bond acceptors (Lipinski definition) is 5. The van der Waals surface area contributed by atoms with Gasteiger partial charge in [-0.05, 0) is 48.7 Å². The highest BCUT2D eigenvalue weighted by molar-refractivity contribution is 6.31. The molecule has 0 saturated carbocycles. The van der Waals surface area contributed by atoms with E-state index in [4.69, 9.17) is 30.5 Å². The molecule has 2 aromatic carbocycles. The molecule has 1 unspecified atom stereocenters. The van der Waals surface area contributed by atoms with Gasteiger partial charge in [-0.2, -0.15) is 0 Å². The second-order valence-electron chi connectivity index (χ2n) is 8.15. The number of epoxide rings is 1. The van der Waals surface area contributed by atoms with E-state index in [0.717, 1.165) is 22.4 Å². The highest BCUT2D eigenvalue weighted by atomic mass is 35.5. The lowest BCUT2D eigenvalue weighted by atomic mass is 9.86. The summed E-state index contributed by atoms with van der Waals surface area (Å²) in [6.45, 7) is 3.72. The molecule has 3 saturated heterocycles. The summed E-state index contributed by atoms with van der Waals surface area (Å²) in [4.78, 5) is 0. The Morgan fingerprint density at radius 2 is 1.97 bits per heavy atom. The van der Waals surface area contributed by atoms with Crippen LogP contribution in [0.5, 0.6) is 5.75 Å². The first-order valence-electron chi connectivity index (χ1n) is 10.2.